The van der Waals surface area contributed by atoms with Crippen LogP contribution in [0.25, 0.3) is 0 Å². The monoisotopic (exact) mass is 245 g/mol. The second-order valence-corrected chi connectivity index (χ2v) is 6.05. The molecule has 0 saturated heterocycles. The van der Waals surface area contributed by atoms with E-state index in [2.05, 4.69) is 24.4 Å². The van der Waals surface area contributed by atoms with Crippen molar-refractivity contribution in [2.75, 3.05) is 6.79 Å². The van der Waals surface area contributed by atoms with Crippen LogP contribution in [-0.4, -0.2) is 12.8 Å². The van der Waals surface area contributed by atoms with Crippen molar-refractivity contribution in [3.05, 3.63) is 23.3 Å². The van der Waals surface area contributed by atoms with Crippen LogP contribution in [0.15, 0.2) is 12.1 Å². The third-order valence-electron chi connectivity index (χ3n) is 4.39. The number of hydrogen-bond acceptors (Lipinski definition) is 3. The third-order valence-corrected chi connectivity index (χ3v) is 4.39. The van der Waals surface area contributed by atoms with Crippen molar-refractivity contribution in [2.45, 2.75) is 50.6 Å². The Bertz CT molecular complexity index is 490. The topological polar surface area (TPSA) is 30.5 Å². The largest absolute Gasteiger partial charge is 0.454 e. The molecule has 18 heavy (non-hydrogen) atoms. The molecule has 0 spiro atoms. The molecular formula is C15H19NO2. The van der Waals surface area contributed by atoms with Gasteiger partial charge in [-0.1, -0.05) is 13.0 Å². The molecule has 96 valence electrons. The molecule has 0 bridgehead atoms. The summed E-state index contributed by atoms with van der Waals surface area (Å²) in [5.74, 6) is 1.93. The van der Waals surface area contributed by atoms with Crippen LogP contribution >= 0.6 is 0 Å². The Morgan fingerprint density at radius 3 is 2.83 bits per heavy atom. The molecule has 1 N–H and O–H groups in total. The molecule has 2 aliphatic carbocycles. The van der Waals surface area contributed by atoms with Gasteiger partial charge in [0.05, 0.1) is 0 Å². The van der Waals surface area contributed by atoms with Crippen molar-refractivity contribution in [1.82, 2.24) is 5.32 Å². The molecule has 2 saturated carbocycles. The lowest BCUT2D eigenvalue weighted by Gasteiger charge is -2.18. The number of fused-ring (bicyclic) bond motifs is 1. The van der Waals surface area contributed by atoms with Crippen LogP contribution < -0.4 is 14.8 Å². The minimum Gasteiger partial charge on any atom is -0.454 e. The predicted molar refractivity (Wildman–Crippen MR) is 69.0 cm³/mol. The highest BCUT2D eigenvalue weighted by Crippen LogP contribution is 2.55. The van der Waals surface area contributed by atoms with Crippen LogP contribution in [-0.2, 0) is 12.0 Å². The SMILES string of the molecule is CC1(c2c(CNC3CC3)ccc3c2OCO3)CC1. The highest BCUT2D eigenvalue weighted by atomic mass is 16.7. The van der Waals surface area contributed by atoms with Crippen molar-refractivity contribution in [3.8, 4) is 11.5 Å². The molecule has 3 nitrogen and oxygen atoms in total. The number of benzene rings is 1. The van der Waals surface area contributed by atoms with Gasteiger partial charge < -0.3 is 14.8 Å². The quantitative estimate of drug-likeness (QED) is 0.884. The average molecular weight is 245 g/mol. The molecule has 0 atom stereocenters. The van der Waals surface area contributed by atoms with E-state index in [0.717, 1.165) is 24.1 Å². The summed E-state index contributed by atoms with van der Waals surface area (Å²) in [5.41, 5.74) is 3.11. The van der Waals surface area contributed by atoms with Gasteiger partial charge in [0.2, 0.25) is 6.79 Å². The van der Waals surface area contributed by atoms with Crippen molar-refractivity contribution in [3.63, 3.8) is 0 Å². The molecule has 0 unspecified atom stereocenters. The zero-order chi connectivity index (χ0) is 12.2. The first kappa shape index (κ1) is 10.7. The van der Waals surface area contributed by atoms with Crippen LogP contribution in [0.5, 0.6) is 11.5 Å². The highest BCUT2D eigenvalue weighted by molar-refractivity contribution is 5.57. The summed E-state index contributed by atoms with van der Waals surface area (Å²) in [5, 5.41) is 3.61. The van der Waals surface area contributed by atoms with E-state index in [1.807, 2.05) is 0 Å². The van der Waals surface area contributed by atoms with Crippen LogP contribution in [0.2, 0.25) is 0 Å². The zero-order valence-corrected chi connectivity index (χ0v) is 10.8. The molecule has 0 aromatic heterocycles. The molecular weight excluding hydrogens is 226 g/mol. The highest BCUT2D eigenvalue weighted by Gasteiger charge is 2.44. The van der Waals surface area contributed by atoms with E-state index < -0.39 is 0 Å². The van der Waals surface area contributed by atoms with Gasteiger partial charge in [-0.25, -0.2) is 0 Å². The summed E-state index contributed by atoms with van der Waals surface area (Å²) < 4.78 is 11.2. The standard InChI is InChI=1S/C15H19NO2/c1-15(6-7-15)13-10(8-16-11-3-4-11)2-5-12-14(13)18-9-17-12/h2,5,11,16H,3-4,6-9H2,1H3. The van der Waals surface area contributed by atoms with Crippen LogP contribution in [0, 0.1) is 0 Å². The lowest BCUT2D eigenvalue weighted by atomic mass is 9.91. The number of hydrogen-bond donors (Lipinski definition) is 1. The summed E-state index contributed by atoms with van der Waals surface area (Å²) in [6, 6.07) is 5.01. The molecule has 1 aromatic carbocycles. The van der Waals surface area contributed by atoms with Gasteiger partial charge in [0.25, 0.3) is 0 Å². The van der Waals surface area contributed by atoms with Gasteiger partial charge in [-0.05, 0) is 42.7 Å². The van der Waals surface area contributed by atoms with E-state index in [1.54, 1.807) is 0 Å². The Morgan fingerprint density at radius 2 is 2.11 bits per heavy atom. The minimum atomic E-state index is 0.319. The lowest BCUT2D eigenvalue weighted by Crippen LogP contribution is -2.18. The van der Waals surface area contributed by atoms with Crippen molar-refractivity contribution in [2.24, 2.45) is 0 Å². The molecule has 3 aliphatic rings. The maximum atomic E-state index is 5.71. The maximum Gasteiger partial charge on any atom is 0.231 e. The Balaban J connectivity index is 1.71. The van der Waals surface area contributed by atoms with E-state index in [-0.39, 0.29) is 0 Å². The second kappa shape index (κ2) is 3.64. The normalized spacial score (nSPS) is 23.2. The third kappa shape index (κ3) is 1.69. The Labute approximate surface area is 107 Å². The first-order valence-electron chi connectivity index (χ1n) is 6.92. The summed E-state index contributed by atoms with van der Waals surface area (Å²) in [7, 11) is 0. The number of ether oxygens (including phenoxy) is 2. The summed E-state index contributed by atoms with van der Waals surface area (Å²) in [6.07, 6.45) is 5.20. The maximum absolute atomic E-state index is 5.71. The van der Waals surface area contributed by atoms with E-state index >= 15 is 0 Å². The Hall–Kier alpha value is -1.22. The molecule has 0 amide bonds. The molecule has 1 aromatic rings. The van der Waals surface area contributed by atoms with Crippen LogP contribution in [0.3, 0.4) is 0 Å². The summed E-state index contributed by atoms with van der Waals surface area (Å²) >= 11 is 0. The predicted octanol–water partition coefficient (Wildman–Crippen LogP) is 2.72. The van der Waals surface area contributed by atoms with Gasteiger partial charge >= 0.3 is 0 Å². The first-order chi connectivity index (χ1) is 8.76. The fourth-order valence-electron chi connectivity index (χ4n) is 2.80. The Kier molecular flexibility index (Phi) is 2.16. The van der Waals surface area contributed by atoms with E-state index in [4.69, 9.17) is 9.47 Å². The van der Waals surface area contributed by atoms with Crippen molar-refractivity contribution in [1.29, 1.82) is 0 Å². The van der Waals surface area contributed by atoms with Crippen LogP contribution in [0.1, 0.15) is 43.7 Å². The average Bonchev–Trinajstić information content (AvgIpc) is 3.27. The van der Waals surface area contributed by atoms with Gasteiger partial charge in [-0.2, -0.15) is 0 Å². The van der Waals surface area contributed by atoms with E-state index in [0.29, 0.717) is 12.2 Å². The summed E-state index contributed by atoms with van der Waals surface area (Å²) in [6.45, 7) is 3.68. The first-order valence-corrected chi connectivity index (χ1v) is 6.92. The molecule has 2 fully saturated rings. The number of nitrogens with one attached hydrogen (secondary N) is 1. The Morgan fingerprint density at radius 1 is 1.28 bits per heavy atom. The smallest absolute Gasteiger partial charge is 0.231 e. The van der Waals surface area contributed by atoms with Crippen LogP contribution in [0.4, 0.5) is 0 Å². The van der Waals surface area contributed by atoms with E-state index in [9.17, 15) is 0 Å². The number of rotatable bonds is 4. The fraction of sp³-hybridized carbons (Fsp3) is 0.600. The molecule has 1 heterocycles. The molecule has 0 radical (unpaired) electrons. The van der Waals surface area contributed by atoms with Gasteiger partial charge in [0, 0.05) is 18.2 Å². The summed E-state index contributed by atoms with van der Waals surface area (Å²) in [4.78, 5) is 0. The van der Waals surface area contributed by atoms with Crippen molar-refractivity contribution < 1.29 is 9.47 Å². The van der Waals surface area contributed by atoms with Gasteiger partial charge in [-0.15, -0.1) is 0 Å². The van der Waals surface area contributed by atoms with E-state index in [1.165, 1.54) is 36.8 Å². The molecule has 4 rings (SSSR count). The minimum absolute atomic E-state index is 0.319. The fourth-order valence-corrected chi connectivity index (χ4v) is 2.80. The van der Waals surface area contributed by atoms with Gasteiger partial charge in [-0.3, -0.25) is 0 Å². The van der Waals surface area contributed by atoms with Gasteiger partial charge in [0.1, 0.15) is 0 Å². The van der Waals surface area contributed by atoms with Gasteiger partial charge in [0.15, 0.2) is 11.5 Å². The zero-order valence-electron chi connectivity index (χ0n) is 10.8. The second-order valence-electron chi connectivity index (χ2n) is 6.05. The lowest BCUT2D eigenvalue weighted by molar-refractivity contribution is 0.173. The molecule has 3 heteroatoms. The van der Waals surface area contributed by atoms with Crippen molar-refractivity contribution >= 4 is 0 Å². The molecule has 1 aliphatic heterocycles.